The molecule has 0 radical (unpaired) electrons. The van der Waals surface area contributed by atoms with E-state index < -0.39 is 0 Å². The Hall–Kier alpha value is -3.00. The first kappa shape index (κ1) is 19.3. The number of hydrogen-bond acceptors (Lipinski definition) is 2. The SMILES string of the molecule is C=CCc1cc(CC=C)c(N)c(-c2cc(CC=C)c(N)c(CC=C)c2)c1. The van der Waals surface area contributed by atoms with Gasteiger partial charge in [0.1, 0.15) is 0 Å². The summed E-state index contributed by atoms with van der Waals surface area (Å²) in [5, 5.41) is 0. The Morgan fingerprint density at radius 1 is 0.615 bits per heavy atom. The van der Waals surface area contributed by atoms with Gasteiger partial charge in [0, 0.05) is 16.9 Å². The van der Waals surface area contributed by atoms with Crippen LogP contribution in [0.25, 0.3) is 11.1 Å². The van der Waals surface area contributed by atoms with Gasteiger partial charge in [-0.25, -0.2) is 0 Å². The van der Waals surface area contributed by atoms with Crippen LogP contribution in [0.2, 0.25) is 0 Å². The summed E-state index contributed by atoms with van der Waals surface area (Å²) >= 11 is 0. The van der Waals surface area contributed by atoms with E-state index in [1.807, 2.05) is 24.3 Å². The van der Waals surface area contributed by atoms with Crippen LogP contribution in [0.15, 0.2) is 74.9 Å². The molecule has 2 aromatic rings. The van der Waals surface area contributed by atoms with Crippen LogP contribution in [-0.2, 0) is 25.7 Å². The van der Waals surface area contributed by atoms with Gasteiger partial charge in [-0.1, -0.05) is 30.4 Å². The van der Waals surface area contributed by atoms with Crippen molar-refractivity contribution in [2.75, 3.05) is 11.5 Å². The second kappa shape index (κ2) is 8.91. The molecule has 0 aliphatic heterocycles. The highest BCUT2D eigenvalue weighted by Gasteiger charge is 2.13. The average molecular weight is 345 g/mol. The normalized spacial score (nSPS) is 10.3. The van der Waals surface area contributed by atoms with E-state index >= 15 is 0 Å². The summed E-state index contributed by atoms with van der Waals surface area (Å²) in [4.78, 5) is 0. The Morgan fingerprint density at radius 2 is 1.08 bits per heavy atom. The van der Waals surface area contributed by atoms with Crippen molar-refractivity contribution in [2.24, 2.45) is 0 Å². The summed E-state index contributed by atoms with van der Waals surface area (Å²) < 4.78 is 0. The Balaban J connectivity index is 2.72. The quantitative estimate of drug-likeness (QED) is 0.470. The fourth-order valence-electron chi connectivity index (χ4n) is 3.21. The Kier molecular flexibility index (Phi) is 6.62. The minimum absolute atomic E-state index is 0.718. The summed E-state index contributed by atoms with van der Waals surface area (Å²) in [6, 6.07) is 8.51. The van der Waals surface area contributed by atoms with E-state index in [0.717, 1.165) is 64.9 Å². The van der Waals surface area contributed by atoms with Gasteiger partial charge in [-0.3, -0.25) is 0 Å². The smallest absolute Gasteiger partial charge is 0.0429 e. The molecule has 26 heavy (non-hydrogen) atoms. The highest BCUT2D eigenvalue weighted by atomic mass is 14.6. The van der Waals surface area contributed by atoms with Gasteiger partial charge in [-0.05, 0) is 71.7 Å². The molecule has 0 aromatic heterocycles. The van der Waals surface area contributed by atoms with Crippen LogP contribution >= 0.6 is 0 Å². The molecular weight excluding hydrogens is 316 g/mol. The lowest BCUT2D eigenvalue weighted by molar-refractivity contribution is 1.20. The van der Waals surface area contributed by atoms with Crippen molar-refractivity contribution in [3.63, 3.8) is 0 Å². The molecule has 134 valence electrons. The lowest BCUT2D eigenvalue weighted by Gasteiger charge is -2.17. The third kappa shape index (κ3) is 4.15. The van der Waals surface area contributed by atoms with Gasteiger partial charge >= 0.3 is 0 Å². The summed E-state index contributed by atoms with van der Waals surface area (Å²) in [6.45, 7) is 15.4. The maximum Gasteiger partial charge on any atom is 0.0429 e. The Morgan fingerprint density at radius 3 is 1.54 bits per heavy atom. The van der Waals surface area contributed by atoms with Crippen molar-refractivity contribution >= 4 is 11.4 Å². The molecule has 2 aromatic carbocycles. The van der Waals surface area contributed by atoms with E-state index in [4.69, 9.17) is 11.5 Å². The second-order valence-corrected chi connectivity index (χ2v) is 6.40. The Labute approximate surface area is 157 Å². The molecule has 2 rings (SSSR count). The van der Waals surface area contributed by atoms with Crippen molar-refractivity contribution in [2.45, 2.75) is 25.7 Å². The largest absolute Gasteiger partial charge is 0.398 e. The van der Waals surface area contributed by atoms with Gasteiger partial charge in [0.25, 0.3) is 0 Å². The van der Waals surface area contributed by atoms with Gasteiger partial charge in [0.15, 0.2) is 0 Å². The molecule has 0 atom stereocenters. The summed E-state index contributed by atoms with van der Waals surface area (Å²) in [7, 11) is 0. The molecule has 0 amide bonds. The van der Waals surface area contributed by atoms with Crippen LogP contribution in [-0.4, -0.2) is 0 Å². The van der Waals surface area contributed by atoms with Gasteiger partial charge in [-0.2, -0.15) is 0 Å². The molecule has 0 aliphatic carbocycles. The van der Waals surface area contributed by atoms with Crippen LogP contribution in [0.4, 0.5) is 11.4 Å². The van der Waals surface area contributed by atoms with E-state index in [-0.39, 0.29) is 0 Å². The molecule has 0 saturated heterocycles. The zero-order valence-electron chi connectivity index (χ0n) is 15.4. The monoisotopic (exact) mass is 344 g/mol. The first-order valence-electron chi connectivity index (χ1n) is 8.82. The van der Waals surface area contributed by atoms with E-state index in [1.165, 1.54) is 5.56 Å². The minimum Gasteiger partial charge on any atom is -0.398 e. The number of benzene rings is 2. The van der Waals surface area contributed by atoms with E-state index in [0.29, 0.717) is 0 Å². The fraction of sp³-hybridized carbons (Fsp3) is 0.167. The number of anilines is 2. The number of hydrogen-bond donors (Lipinski definition) is 2. The zero-order valence-corrected chi connectivity index (χ0v) is 15.4. The standard InChI is InChI=1S/C24H28N2/c1-5-9-17-13-18(10-6-2)24(26)22(14-17)21-15-19(11-7-3)23(25)20(16-21)12-8-4/h5-8,13-16H,1-4,9-12,25-26H2. The van der Waals surface area contributed by atoms with E-state index in [2.05, 4.69) is 50.6 Å². The molecule has 0 bridgehead atoms. The third-order valence-corrected chi connectivity index (χ3v) is 4.46. The van der Waals surface area contributed by atoms with Crippen molar-refractivity contribution in [3.05, 3.63) is 97.1 Å². The number of allylic oxidation sites excluding steroid dienone is 4. The van der Waals surface area contributed by atoms with Crippen molar-refractivity contribution in [1.82, 2.24) is 0 Å². The van der Waals surface area contributed by atoms with Crippen molar-refractivity contribution < 1.29 is 0 Å². The molecule has 4 N–H and O–H groups in total. The summed E-state index contributed by atoms with van der Waals surface area (Å²) in [5.74, 6) is 0. The molecule has 2 heteroatoms. The average Bonchev–Trinajstić information content (AvgIpc) is 2.62. The van der Waals surface area contributed by atoms with Crippen LogP contribution in [0.1, 0.15) is 22.3 Å². The lowest BCUT2D eigenvalue weighted by Crippen LogP contribution is -2.03. The van der Waals surface area contributed by atoms with Crippen LogP contribution in [0.3, 0.4) is 0 Å². The molecule has 0 saturated carbocycles. The van der Waals surface area contributed by atoms with Crippen molar-refractivity contribution in [3.8, 4) is 11.1 Å². The predicted octanol–water partition coefficient (Wildman–Crippen LogP) is 5.43. The molecule has 0 spiro atoms. The first-order chi connectivity index (χ1) is 12.5. The van der Waals surface area contributed by atoms with E-state index in [1.54, 1.807) is 0 Å². The topological polar surface area (TPSA) is 52.0 Å². The minimum atomic E-state index is 0.718. The molecular formula is C24H28N2. The maximum absolute atomic E-state index is 6.51. The lowest BCUT2D eigenvalue weighted by atomic mass is 9.90. The van der Waals surface area contributed by atoms with Crippen LogP contribution < -0.4 is 11.5 Å². The molecule has 2 nitrogen and oxygen atoms in total. The Bertz CT molecular complexity index is 813. The zero-order chi connectivity index (χ0) is 19.1. The summed E-state index contributed by atoms with van der Waals surface area (Å²) in [6.07, 6.45) is 10.5. The van der Waals surface area contributed by atoms with E-state index in [9.17, 15) is 0 Å². The van der Waals surface area contributed by atoms with Gasteiger partial charge < -0.3 is 11.5 Å². The number of rotatable bonds is 9. The maximum atomic E-state index is 6.51. The highest BCUT2D eigenvalue weighted by molar-refractivity contribution is 5.82. The molecule has 0 fully saturated rings. The number of nitrogens with two attached hydrogens (primary N) is 2. The first-order valence-corrected chi connectivity index (χ1v) is 8.82. The van der Waals surface area contributed by atoms with Gasteiger partial charge in [-0.15, -0.1) is 26.3 Å². The molecule has 0 aliphatic rings. The van der Waals surface area contributed by atoms with Crippen molar-refractivity contribution in [1.29, 1.82) is 0 Å². The van der Waals surface area contributed by atoms with Crippen LogP contribution in [0, 0.1) is 0 Å². The van der Waals surface area contributed by atoms with Gasteiger partial charge in [0.05, 0.1) is 0 Å². The molecule has 0 unspecified atom stereocenters. The highest BCUT2D eigenvalue weighted by Crippen LogP contribution is 2.35. The number of nitrogen functional groups attached to an aromatic ring is 2. The third-order valence-electron chi connectivity index (χ3n) is 4.46. The fourth-order valence-corrected chi connectivity index (χ4v) is 3.21. The summed E-state index contributed by atoms with van der Waals surface area (Å²) in [5.41, 5.74) is 20.9. The second-order valence-electron chi connectivity index (χ2n) is 6.40. The molecule has 0 heterocycles. The van der Waals surface area contributed by atoms with Gasteiger partial charge in [0.2, 0.25) is 0 Å². The predicted molar refractivity (Wildman–Crippen MR) is 116 cm³/mol. The van der Waals surface area contributed by atoms with Crippen LogP contribution in [0.5, 0.6) is 0 Å².